The molecule has 1 atom stereocenters. The largest absolute Gasteiger partial charge is 0.406 e. The Kier molecular flexibility index (Phi) is 3.27. The Hall–Kier alpha value is -0.790. The van der Waals surface area contributed by atoms with Gasteiger partial charge in [0.15, 0.2) is 0 Å². The molecule has 1 fully saturated rings. The SMILES string of the molecule is CN1C(=O)C(CBr)N(CC(F)(F)F)C1=O. The molecule has 1 heterocycles. The normalized spacial score (nSPS) is 22.9. The molecule has 4 nitrogen and oxygen atoms in total. The minimum Gasteiger partial charge on any atom is -0.302 e. The molecule has 1 saturated heterocycles. The van der Waals surface area contributed by atoms with E-state index in [1.165, 1.54) is 0 Å². The number of imide groups is 1. The van der Waals surface area contributed by atoms with Crippen LogP contribution in [0.3, 0.4) is 0 Å². The summed E-state index contributed by atoms with van der Waals surface area (Å²) in [6, 6.07) is -1.98. The van der Waals surface area contributed by atoms with Crippen molar-refractivity contribution >= 4 is 27.9 Å². The molecule has 1 aliphatic heterocycles. The van der Waals surface area contributed by atoms with Crippen LogP contribution in [0.25, 0.3) is 0 Å². The summed E-state index contributed by atoms with van der Waals surface area (Å²) in [5, 5.41) is -0.00199. The summed E-state index contributed by atoms with van der Waals surface area (Å²) in [5.74, 6) is -0.624. The monoisotopic (exact) mass is 288 g/mol. The van der Waals surface area contributed by atoms with Gasteiger partial charge in [0.2, 0.25) is 0 Å². The lowest BCUT2D eigenvalue weighted by Gasteiger charge is -2.21. The Balaban J connectivity index is 2.87. The second kappa shape index (κ2) is 3.99. The lowest BCUT2D eigenvalue weighted by molar-refractivity contribution is -0.143. The molecule has 0 aromatic carbocycles. The summed E-state index contributed by atoms with van der Waals surface area (Å²) >= 11 is 2.91. The van der Waals surface area contributed by atoms with Crippen LogP contribution in [-0.4, -0.2) is 52.9 Å². The summed E-state index contributed by atoms with van der Waals surface area (Å²) in [4.78, 5) is 23.8. The van der Waals surface area contributed by atoms with Crippen molar-refractivity contribution in [3.05, 3.63) is 0 Å². The first-order chi connectivity index (χ1) is 6.78. The van der Waals surface area contributed by atoms with Gasteiger partial charge < -0.3 is 4.90 Å². The van der Waals surface area contributed by atoms with Gasteiger partial charge >= 0.3 is 12.2 Å². The lowest BCUT2D eigenvalue weighted by Crippen LogP contribution is -2.42. The second-order valence-corrected chi connectivity index (χ2v) is 3.74. The molecule has 1 aliphatic rings. The van der Waals surface area contributed by atoms with Crippen LogP contribution in [-0.2, 0) is 4.79 Å². The molecule has 1 rings (SSSR count). The minimum absolute atomic E-state index is 0.00199. The zero-order valence-electron chi connectivity index (χ0n) is 7.71. The van der Waals surface area contributed by atoms with Crippen LogP contribution in [0.2, 0.25) is 0 Å². The quantitative estimate of drug-likeness (QED) is 0.566. The number of likely N-dealkylation sites (N-methyl/N-ethyl adjacent to an activating group) is 1. The molecule has 0 aromatic rings. The predicted octanol–water partition coefficient (Wildman–Crippen LogP) is 1.21. The van der Waals surface area contributed by atoms with Crippen LogP contribution in [0.5, 0.6) is 0 Å². The first kappa shape index (κ1) is 12.3. The van der Waals surface area contributed by atoms with Gasteiger partial charge in [-0.3, -0.25) is 9.69 Å². The highest BCUT2D eigenvalue weighted by Gasteiger charge is 2.47. The first-order valence-corrected chi connectivity index (χ1v) is 5.11. The molecule has 0 aromatic heterocycles. The highest BCUT2D eigenvalue weighted by Crippen LogP contribution is 2.24. The van der Waals surface area contributed by atoms with E-state index in [-0.39, 0.29) is 5.33 Å². The summed E-state index contributed by atoms with van der Waals surface area (Å²) < 4.78 is 36.3. The number of urea groups is 1. The molecular weight excluding hydrogens is 281 g/mol. The summed E-state index contributed by atoms with van der Waals surface area (Å²) in [7, 11) is 1.16. The van der Waals surface area contributed by atoms with E-state index < -0.39 is 30.7 Å². The predicted molar refractivity (Wildman–Crippen MR) is 48.5 cm³/mol. The fourth-order valence-corrected chi connectivity index (χ4v) is 1.92. The molecule has 3 amide bonds. The Labute approximate surface area is 92.1 Å². The van der Waals surface area contributed by atoms with E-state index >= 15 is 0 Å². The first-order valence-electron chi connectivity index (χ1n) is 3.99. The van der Waals surface area contributed by atoms with Crippen molar-refractivity contribution in [2.24, 2.45) is 0 Å². The molecule has 15 heavy (non-hydrogen) atoms. The smallest absolute Gasteiger partial charge is 0.302 e. The van der Waals surface area contributed by atoms with E-state index in [1.807, 2.05) is 0 Å². The van der Waals surface area contributed by atoms with Gasteiger partial charge in [-0.1, -0.05) is 15.9 Å². The van der Waals surface area contributed by atoms with Crippen LogP contribution in [0.4, 0.5) is 18.0 Å². The topological polar surface area (TPSA) is 40.6 Å². The van der Waals surface area contributed by atoms with Gasteiger partial charge in [-0.15, -0.1) is 0 Å². The molecule has 0 bridgehead atoms. The van der Waals surface area contributed by atoms with Crippen LogP contribution >= 0.6 is 15.9 Å². The maximum Gasteiger partial charge on any atom is 0.406 e. The third-order valence-electron chi connectivity index (χ3n) is 2.02. The number of rotatable bonds is 2. The number of halogens is 4. The fraction of sp³-hybridized carbons (Fsp3) is 0.714. The lowest BCUT2D eigenvalue weighted by atomic mass is 10.3. The maximum atomic E-state index is 12.1. The molecule has 0 spiro atoms. The second-order valence-electron chi connectivity index (χ2n) is 3.09. The van der Waals surface area contributed by atoms with Crippen LogP contribution in [0.1, 0.15) is 0 Å². The van der Waals surface area contributed by atoms with Crippen molar-refractivity contribution in [2.75, 3.05) is 18.9 Å². The average Bonchev–Trinajstić information content (AvgIpc) is 2.29. The summed E-state index contributed by atoms with van der Waals surface area (Å²) in [6.07, 6.45) is -4.50. The van der Waals surface area contributed by atoms with E-state index in [0.29, 0.717) is 9.80 Å². The van der Waals surface area contributed by atoms with Gasteiger partial charge in [-0.05, 0) is 0 Å². The Morgan fingerprint density at radius 3 is 2.33 bits per heavy atom. The van der Waals surface area contributed by atoms with Crippen LogP contribution in [0, 0.1) is 0 Å². The highest BCUT2D eigenvalue weighted by atomic mass is 79.9. The van der Waals surface area contributed by atoms with E-state index in [4.69, 9.17) is 0 Å². The van der Waals surface area contributed by atoms with E-state index in [0.717, 1.165) is 7.05 Å². The summed E-state index contributed by atoms with van der Waals surface area (Å²) in [5.41, 5.74) is 0. The van der Waals surface area contributed by atoms with Crippen LogP contribution in [0.15, 0.2) is 0 Å². The van der Waals surface area contributed by atoms with Crippen molar-refractivity contribution in [1.82, 2.24) is 9.80 Å². The van der Waals surface area contributed by atoms with Crippen LogP contribution < -0.4 is 0 Å². The van der Waals surface area contributed by atoms with Crippen molar-refractivity contribution in [3.8, 4) is 0 Å². The number of amides is 3. The highest BCUT2D eigenvalue weighted by molar-refractivity contribution is 9.09. The molecule has 0 saturated carbocycles. The minimum atomic E-state index is -4.50. The number of carbonyl (C=O) groups excluding carboxylic acids is 2. The molecule has 0 radical (unpaired) electrons. The fourth-order valence-electron chi connectivity index (χ4n) is 1.30. The maximum absolute atomic E-state index is 12.1. The Morgan fingerprint density at radius 2 is 1.93 bits per heavy atom. The van der Waals surface area contributed by atoms with Gasteiger partial charge in [0.1, 0.15) is 12.6 Å². The Bertz CT molecular complexity index is 294. The zero-order valence-corrected chi connectivity index (χ0v) is 9.30. The van der Waals surface area contributed by atoms with Crippen molar-refractivity contribution in [2.45, 2.75) is 12.2 Å². The third kappa shape index (κ3) is 2.42. The zero-order chi connectivity index (χ0) is 11.8. The number of alkyl halides is 4. The summed E-state index contributed by atoms with van der Waals surface area (Å²) in [6.45, 7) is -1.40. The molecular formula is C7H8BrF3N2O2. The van der Waals surface area contributed by atoms with Gasteiger partial charge in [0.25, 0.3) is 5.91 Å². The Morgan fingerprint density at radius 1 is 1.40 bits per heavy atom. The third-order valence-corrected chi connectivity index (χ3v) is 2.63. The molecule has 0 aliphatic carbocycles. The van der Waals surface area contributed by atoms with Gasteiger partial charge in [-0.2, -0.15) is 13.2 Å². The van der Waals surface area contributed by atoms with E-state index in [1.54, 1.807) is 0 Å². The van der Waals surface area contributed by atoms with Gasteiger partial charge in [-0.25, -0.2) is 4.79 Å². The molecule has 8 heteroatoms. The number of nitrogens with zero attached hydrogens (tertiary/aromatic N) is 2. The van der Waals surface area contributed by atoms with Crippen molar-refractivity contribution < 1.29 is 22.8 Å². The molecule has 86 valence electrons. The molecule has 0 N–H and O–H groups in total. The van der Waals surface area contributed by atoms with Crippen molar-refractivity contribution in [1.29, 1.82) is 0 Å². The molecule has 1 unspecified atom stereocenters. The van der Waals surface area contributed by atoms with E-state index in [9.17, 15) is 22.8 Å². The number of hydrogen-bond donors (Lipinski definition) is 0. The standard InChI is InChI=1S/C7H8BrF3N2O2/c1-12-5(14)4(2-8)13(6(12)15)3-7(9,10)11/h4H,2-3H2,1H3. The average molecular weight is 289 g/mol. The van der Waals surface area contributed by atoms with E-state index in [2.05, 4.69) is 15.9 Å². The van der Waals surface area contributed by atoms with Gasteiger partial charge in [0, 0.05) is 12.4 Å². The number of carbonyl (C=O) groups is 2. The number of hydrogen-bond acceptors (Lipinski definition) is 2. The van der Waals surface area contributed by atoms with Gasteiger partial charge in [0.05, 0.1) is 0 Å². The van der Waals surface area contributed by atoms with Crippen molar-refractivity contribution in [3.63, 3.8) is 0 Å².